The van der Waals surface area contributed by atoms with Crippen LogP contribution in [0.25, 0.3) is 0 Å². The van der Waals surface area contributed by atoms with Gasteiger partial charge in [0.25, 0.3) is 0 Å². The van der Waals surface area contributed by atoms with Crippen molar-refractivity contribution in [1.29, 1.82) is 0 Å². The van der Waals surface area contributed by atoms with Crippen LogP contribution in [0.5, 0.6) is 0 Å². The Hall–Kier alpha value is -2.33. The molecule has 0 radical (unpaired) electrons. The molecule has 2 aliphatic rings. The van der Waals surface area contributed by atoms with E-state index in [1.165, 1.54) is 35.2 Å². The van der Waals surface area contributed by atoms with Gasteiger partial charge in [-0.05, 0) is 68.1 Å². The number of carbonyl (C=O) groups is 1. The highest BCUT2D eigenvalue weighted by Gasteiger charge is 2.39. The fourth-order valence-electron chi connectivity index (χ4n) is 4.42. The molecule has 4 nitrogen and oxygen atoms in total. The van der Waals surface area contributed by atoms with Crippen LogP contribution >= 0.6 is 0 Å². The first-order valence-corrected chi connectivity index (χ1v) is 8.99. The molecule has 3 N–H and O–H groups in total. The highest BCUT2D eigenvalue weighted by Crippen LogP contribution is 2.47. The summed E-state index contributed by atoms with van der Waals surface area (Å²) in [6, 6.07) is 12.7. The molecule has 0 aromatic heterocycles. The predicted octanol–water partition coefficient (Wildman–Crippen LogP) is 4.21. The normalized spacial score (nSPS) is 24.8. The van der Waals surface area contributed by atoms with Crippen molar-refractivity contribution in [2.45, 2.75) is 38.8 Å². The molecule has 2 aromatic carbocycles. The first kappa shape index (κ1) is 16.2. The summed E-state index contributed by atoms with van der Waals surface area (Å²) in [7, 11) is 0. The maximum absolute atomic E-state index is 11.2. The maximum atomic E-state index is 11.2. The number of nitrogens with one attached hydrogen (secondary N) is 2. The van der Waals surface area contributed by atoms with Crippen molar-refractivity contribution in [1.82, 2.24) is 5.32 Å². The number of hydrogen-bond donors (Lipinski definition) is 3. The van der Waals surface area contributed by atoms with Crippen LogP contribution in [0.4, 0.5) is 5.69 Å². The number of aromatic carboxylic acids is 1. The lowest BCUT2D eigenvalue weighted by molar-refractivity contribution is 0.0696. The summed E-state index contributed by atoms with van der Waals surface area (Å²) in [5.74, 6) is -0.401. The monoisotopic (exact) mass is 336 g/mol. The van der Waals surface area contributed by atoms with E-state index in [0.717, 1.165) is 12.1 Å². The molecule has 0 amide bonds. The molecule has 0 aliphatic carbocycles. The number of aryl methyl sites for hydroxylation is 2. The zero-order chi connectivity index (χ0) is 17.6. The van der Waals surface area contributed by atoms with Crippen molar-refractivity contribution in [3.63, 3.8) is 0 Å². The lowest BCUT2D eigenvalue weighted by Gasteiger charge is -2.44. The molecule has 4 rings (SSSR count). The third-order valence-electron chi connectivity index (χ3n) is 5.64. The van der Waals surface area contributed by atoms with E-state index in [1.54, 1.807) is 12.1 Å². The molecule has 130 valence electrons. The molecule has 2 aromatic rings. The van der Waals surface area contributed by atoms with Gasteiger partial charge in [0.05, 0.1) is 11.6 Å². The second-order valence-corrected chi connectivity index (χ2v) is 7.33. The summed E-state index contributed by atoms with van der Waals surface area (Å²) in [5, 5.41) is 16.7. The quantitative estimate of drug-likeness (QED) is 0.769. The number of benzene rings is 2. The van der Waals surface area contributed by atoms with Gasteiger partial charge in [0.2, 0.25) is 0 Å². The summed E-state index contributed by atoms with van der Waals surface area (Å²) in [4.78, 5) is 11.2. The topological polar surface area (TPSA) is 61.4 Å². The predicted molar refractivity (Wildman–Crippen MR) is 99.1 cm³/mol. The minimum atomic E-state index is -0.871. The number of fused-ring (bicyclic) bond motifs is 3. The summed E-state index contributed by atoms with van der Waals surface area (Å²) in [5.41, 5.74) is 6.43. The van der Waals surface area contributed by atoms with E-state index < -0.39 is 5.97 Å². The van der Waals surface area contributed by atoms with Gasteiger partial charge in [0.15, 0.2) is 0 Å². The van der Waals surface area contributed by atoms with Crippen molar-refractivity contribution >= 4 is 11.7 Å². The lowest BCUT2D eigenvalue weighted by Crippen LogP contribution is -2.42. The van der Waals surface area contributed by atoms with Crippen LogP contribution in [0.3, 0.4) is 0 Å². The van der Waals surface area contributed by atoms with Crippen molar-refractivity contribution in [2.24, 2.45) is 5.92 Å². The van der Waals surface area contributed by atoms with Gasteiger partial charge in [-0.25, -0.2) is 4.79 Å². The Bertz CT molecular complexity index is 831. The van der Waals surface area contributed by atoms with E-state index in [4.69, 9.17) is 0 Å². The molecule has 0 saturated carbocycles. The van der Waals surface area contributed by atoms with Crippen LogP contribution in [0, 0.1) is 19.8 Å². The second kappa shape index (κ2) is 6.19. The van der Waals surface area contributed by atoms with E-state index in [1.807, 2.05) is 13.0 Å². The molecule has 2 heterocycles. The van der Waals surface area contributed by atoms with E-state index >= 15 is 0 Å². The summed E-state index contributed by atoms with van der Waals surface area (Å²) < 4.78 is 0. The molecule has 1 saturated heterocycles. The molecule has 0 bridgehead atoms. The van der Waals surface area contributed by atoms with Crippen molar-refractivity contribution < 1.29 is 9.90 Å². The fraction of sp³-hybridized carbons (Fsp3) is 0.381. The Morgan fingerprint density at radius 2 is 1.92 bits per heavy atom. The average molecular weight is 336 g/mol. The number of anilines is 1. The third kappa shape index (κ3) is 2.81. The van der Waals surface area contributed by atoms with E-state index in [9.17, 15) is 9.90 Å². The third-order valence-corrected chi connectivity index (χ3v) is 5.64. The molecule has 0 spiro atoms. The summed E-state index contributed by atoms with van der Waals surface area (Å²) in [6.45, 7) is 5.20. The molecule has 2 aliphatic heterocycles. The van der Waals surface area contributed by atoms with E-state index in [0.29, 0.717) is 17.5 Å². The van der Waals surface area contributed by atoms with E-state index in [2.05, 4.69) is 35.8 Å². The number of carboxylic acid groups (broad SMARTS) is 1. The molecule has 3 atom stereocenters. The number of hydrogen-bond acceptors (Lipinski definition) is 3. The van der Waals surface area contributed by atoms with Crippen LogP contribution in [-0.4, -0.2) is 17.6 Å². The van der Waals surface area contributed by atoms with Gasteiger partial charge in [-0.3, -0.25) is 0 Å². The largest absolute Gasteiger partial charge is 0.478 e. The van der Waals surface area contributed by atoms with Gasteiger partial charge in [0, 0.05) is 17.6 Å². The van der Waals surface area contributed by atoms with Crippen LogP contribution in [0.15, 0.2) is 36.4 Å². The van der Waals surface area contributed by atoms with Crippen LogP contribution < -0.4 is 10.6 Å². The minimum absolute atomic E-state index is 0.204. The van der Waals surface area contributed by atoms with Gasteiger partial charge in [0.1, 0.15) is 0 Å². The molecule has 25 heavy (non-hydrogen) atoms. The fourth-order valence-corrected chi connectivity index (χ4v) is 4.42. The van der Waals surface area contributed by atoms with Crippen molar-refractivity contribution in [3.8, 4) is 0 Å². The summed E-state index contributed by atoms with van der Waals surface area (Å²) >= 11 is 0. The van der Waals surface area contributed by atoms with Gasteiger partial charge in [-0.2, -0.15) is 0 Å². The van der Waals surface area contributed by atoms with Gasteiger partial charge >= 0.3 is 5.97 Å². The van der Waals surface area contributed by atoms with Gasteiger partial charge in [-0.15, -0.1) is 0 Å². The minimum Gasteiger partial charge on any atom is -0.478 e. The highest BCUT2D eigenvalue weighted by atomic mass is 16.4. The number of rotatable bonds is 2. The Morgan fingerprint density at radius 1 is 1.08 bits per heavy atom. The lowest BCUT2D eigenvalue weighted by atomic mass is 9.74. The molecular formula is C21H24N2O2. The molecular weight excluding hydrogens is 312 g/mol. The van der Waals surface area contributed by atoms with Crippen LogP contribution in [-0.2, 0) is 0 Å². The number of carboxylic acids is 1. The zero-order valence-corrected chi connectivity index (χ0v) is 14.7. The Balaban J connectivity index is 1.77. The van der Waals surface area contributed by atoms with Crippen molar-refractivity contribution in [3.05, 3.63) is 64.2 Å². The highest BCUT2D eigenvalue weighted by molar-refractivity contribution is 5.88. The SMILES string of the molecule is Cc1ccc2c(c1)[C@@H]1NCCC[C@H]1[C@@H](c1ccc(C(=O)O)cc1C)N2. The number of piperidine rings is 1. The Labute approximate surface area is 148 Å². The van der Waals surface area contributed by atoms with Gasteiger partial charge < -0.3 is 15.7 Å². The standard InChI is InChI=1S/C21H24N2O2/c1-12-5-8-18-17(10-12)19-16(4-3-9-22-19)20(23-18)15-7-6-14(21(24)25)11-13(15)2/h5-8,10-11,16,19-20,22-23H,3-4,9H2,1-2H3,(H,24,25)/t16-,19-,20-/m1/s1. The Morgan fingerprint density at radius 3 is 2.68 bits per heavy atom. The smallest absolute Gasteiger partial charge is 0.335 e. The van der Waals surface area contributed by atoms with Crippen LogP contribution in [0.2, 0.25) is 0 Å². The first-order valence-electron chi connectivity index (χ1n) is 8.99. The van der Waals surface area contributed by atoms with E-state index in [-0.39, 0.29) is 6.04 Å². The van der Waals surface area contributed by atoms with Crippen LogP contribution in [0.1, 0.15) is 57.5 Å². The maximum Gasteiger partial charge on any atom is 0.335 e. The molecule has 4 heteroatoms. The molecule has 1 fully saturated rings. The first-order chi connectivity index (χ1) is 12.0. The Kier molecular flexibility index (Phi) is 4.00. The average Bonchev–Trinajstić information content (AvgIpc) is 2.61. The van der Waals surface area contributed by atoms with Crippen molar-refractivity contribution in [2.75, 3.05) is 11.9 Å². The molecule has 0 unspecified atom stereocenters. The second-order valence-electron chi connectivity index (χ2n) is 7.33. The zero-order valence-electron chi connectivity index (χ0n) is 14.7. The van der Waals surface area contributed by atoms with Gasteiger partial charge in [-0.1, -0.05) is 23.8 Å². The summed E-state index contributed by atoms with van der Waals surface area (Å²) in [6.07, 6.45) is 2.34.